The van der Waals surface area contributed by atoms with Gasteiger partial charge in [0.15, 0.2) is 0 Å². The molecule has 6 nitrogen and oxygen atoms in total. The lowest BCUT2D eigenvalue weighted by Gasteiger charge is -2.29. The van der Waals surface area contributed by atoms with E-state index in [0.717, 1.165) is 22.5 Å². The highest BCUT2D eigenvalue weighted by molar-refractivity contribution is 7.18. The monoisotopic (exact) mass is 352 g/mol. The maximum atomic E-state index is 13.4. The SMILES string of the molecule is CC1(C)Cc2sc3c(c2CO1)c(=O)n(-c1ccccc1)c1nncn31. The summed E-state index contributed by atoms with van der Waals surface area (Å²) >= 11 is 1.64. The van der Waals surface area contributed by atoms with Gasteiger partial charge in [0.25, 0.3) is 5.56 Å². The Hall–Kier alpha value is -2.51. The van der Waals surface area contributed by atoms with Gasteiger partial charge in [0.1, 0.15) is 11.2 Å². The quantitative estimate of drug-likeness (QED) is 0.528. The Morgan fingerprint density at radius 3 is 2.84 bits per heavy atom. The second-order valence-electron chi connectivity index (χ2n) is 6.89. The first-order valence-electron chi connectivity index (χ1n) is 8.13. The summed E-state index contributed by atoms with van der Waals surface area (Å²) in [7, 11) is 0. The molecule has 0 spiro atoms. The maximum absolute atomic E-state index is 13.4. The molecule has 0 radical (unpaired) electrons. The lowest BCUT2D eigenvalue weighted by atomic mass is 9.98. The molecule has 0 unspecified atom stereocenters. The van der Waals surface area contributed by atoms with Crippen LogP contribution in [0.3, 0.4) is 0 Å². The number of aromatic nitrogens is 4. The van der Waals surface area contributed by atoms with Gasteiger partial charge in [0.05, 0.1) is 23.3 Å². The lowest BCUT2D eigenvalue weighted by molar-refractivity contribution is -0.0382. The summed E-state index contributed by atoms with van der Waals surface area (Å²) in [5.74, 6) is 0.530. The second kappa shape index (κ2) is 5.00. The normalized spacial score (nSPS) is 16.4. The Bertz CT molecular complexity index is 1170. The lowest BCUT2D eigenvalue weighted by Crippen LogP contribution is -2.31. The van der Waals surface area contributed by atoms with Crippen LogP contribution >= 0.6 is 11.3 Å². The van der Waals surface area contributed by atoms with Crippen LogP contribution in [0.1, 0.15) is 24.3 Å². The first kappa shape index (κ1) is 14.8. The highest BCUT2D eigenvalue weighted by Gasteiger charge is 2.31. The largest absolute Gasteiger partial charge is 0.370 e. The van der Waals surface area contributed by atoms with Gasteiger partial charge >= 0.3 is 0 Å². The van der Waals surface area contributed by atoms with Crippen LogP contribution in [0, 0.1) is 0 Å². The minimum atomic E-state index is -0.210. The summed E-state index contributed by atoms with van der Waals surface area (Å²) < 4.78 is 9.50. The molecule has 5 rings (SSSR count). The average molecular weight is 352 g/mol. The molecule has 0 saturated carbocycles. The summed E-state index contributed by atoms with van der Waals surface area (Å²) in [6, 6.07) is 9.55. The molecule has 1 aromatic carbocycles. The van der Waals surface area contributed by atoms with Crippen LogP contribution in [0.15, 0.2) is 41.5 Å². The van der Waals surface area contributed by atoms with Gasteiger partial charge in [-0.3, -0.25) is 9.20 Å². The Morgan fingerprint density at radius 1 is 1.24 bits per heavy atom. The fourth-order valence-corrected chi connectivity index (χ4v) is 4.90. The molecule has 0 N–H and O–H groups in total. The minimum absolute atomic E-state index is 0.0671. The molecule has 0 amide bonds. The first-order valence-corrected chi connectivity index (χ1v) is 8.95. The molecule has 1 aliphatic heterocycles. The van der Waals surface area contributed by atoms with Crippen molar-refractivity contribution in [1.29, 1.82) is 0 Å². The highest BCUT2D eigenvalue weighted by Crippen LogP contribution is 2.37. The van der Waals surface area contributed by atoms with Crippen molar-refractivity contribution in [3.63, 3.8) is 0 Å². The standard InChI is InChI=1S/C18H16N4O2S/c1-18(2)8-13-12(9-24-18)14-15(23)22(11-6-4-3-5-7-11)17-20-19-10-21(17)16(14)25-13/h3-7,10H,8-9H2,1-2H3. The van der Waals surface area contributed by atoms with Crippen LogP contribution in [0.25, 0.3) is 21.7 Å². The van der Waals surface area contributed by atoms with E-state index in [1.165, 1.54) is 4.88 Å². The predicted octanol–water partition coefficient (Wildman–Crippen LogP) is 2.95. The van der Waals surface area contributed by atoms with Crippen molar-refractivity contribution in [3.8, 4) is 5.69 Å². The van der Waals surface area contributed by atoms with Crippen molar-refractivity contribution in [3.05, 3.63) is 57.5 Å². The van der Waals surface area contributed by atoms with Crippen molar-refractivity contribution in [2.24, 2.45) is 0 Å². The number of benzene rings is 1. The van der Waals surface area contributed by atoms with Gasteiger partial charge in [0.2, 0.25) is 5.78 Å². The number of para-hydroxylation sites is 1. The molecule has 3 aromatic heterocycles. The summed E-state index contributed by atoms with van der Waals surface area (Å²) in [5, 5.41) is 8.95. The van der Waals surface area contributed by atoms with Crippen LogP contribution < -0.4 is 5.56 Å². The van der Waals surface area contributed by atoms with E-state index in [9.17, 15) is 4.79 Å². The number of thiophene rings is 1. The molecule has 126 valence electrons. The molecule has 7 heteroatoms. The molecule has 0 saturated heterocycles. The van der Waals surface area contributed by atoms with Gasteiger partial charge in [-0.05, 0) is 26.0 Å². The molecule has 1 aliphatic rings. The van der Waals surface area contributed by atoms with Crippen molar-refractivity contribution < 1.29 is 4.74 Å². The van der Waals surface area contributed by atoms with E-state index >= 15 is 0 Å². The van der Waals surface area contributed by atoms with Gasteiger partial charge in [-0.25, -0.2) is 4.57 Å². The molecule has 0 bridgehead atoms. The summed E-state index contributed by atoms with van der Waals surface area (Å²) in [5.41, 5.74) is 1.51. The molecular formula is C18H16N4O2S. The van der Waals surface area contributed by atoms with Crippen LogP contribution in [-0.4, -0.2) is 24.8 Å². The summed E-state index contributed by atoms with van der Waals surface area (Å²) in [6.45, 7) is 4.62. The third kappa shape index (κ3) is 2.09. The van der Waals surface area contributed by atoms with E-state index in [1.807, 2.05) is 34.7 Å². The topological polar surface area (TPSA) is 61.4 Å². The third-order valence-electron chi connectivity index (χ3n) is 4.65. The Kier molecular flexibility index (Phi) is 2.96. The number of rotatable bonds is 1. The number of fused-ring (bicyclic) bond motifs is 5. The van der Waals surface area contributed by atoms with Crippen molar-refractivity contribution >= 4 is 27.3 Å². The third-order valence-corrected chi connectivity index (χ3v) is 5.88. The van der Waals surface area contributed by atoms with Crippen molar-refractivity contribution in [2.45, 2.75) is 32.5 Å². The Labute approximate surface area is 147 Å². The highest BCUT2D eigenvalue weighted by atomic mass is 32.1. The van der Waals surface area contributed by atoms with Gasteiger partial charge < -0.3 is 4.74 Å². The summed E-state index contributed by atoms with van der Waals surface area (Å²) in [4.78, 5) is 15.5. The molecule has 0 fully saturated rings. The number of nitrogens with zero attached hydrogens (tertiary/aromatic N) is 4. The average Bonchev–Trinajstić information content (AvgIpc) is 3.19. The second-order valence-corrected chi connectivity index (χ2v) is 7.97. The molecule has 0 atom stereocenters. The smallest absolute Gasteiger partial charge is 0.268 e. The Morgan fingerprint density at radius 2 is 2.04 bits per heavy atom. The van der Waals surface area contributed by atoms with Crippen molar-refractivity contribution in [1.82, 2.24) is 19.2 Å². The Balaban J connectivity index is 1.92. The fraction of sp³-hybridized carbons (Fsp3) is 0.278. The number of ether oxygens (including phenoxy) is 1. The maximum Gasteiger partial charge on any atom is 0.268 e. The fourth-order valence-electron chi connectivity index (χ4n) is 3.43. The molecular weight excluding hydrogens is 336 g/mol. The van der Waals surface area contributed by atoms with E-state index in [2.05, 4.69) is 24.0 Å². The molecule has 4 aromatic rings. The number of hydrogen-bond donors (Lipinski definition) is 0. The van der Waals surface area contributed by atoms with Crippen LogP contribution in [-0.2, 0) is 17.8 Å². The van der Waals surface area contributed by atoms with Gasteiger partial charge in [-0.15, -0.1) is 21.5 Å². The van der Waals surface area contributed by atoms with Crippen LogP contribution in [0.5, 0.6) is 0 Å². The van der Waals surface area contributed by atoms with E-state index in [0.29, 0.717) is 17.8 Å². The first-order chi connectivity index (χ1) is 12.1. The molecule has 0 aliphatic carbocycles. The van der Waals surface area contributed by atoms with Crippen LogP contribution in [0.4, 0.5) is 0 Å². The van der Waals surface area contributed by atoms with E-state index in [4.69, 9.17) is 4.74 Å². The van der Waals surface area contributed by atoms with E-state index in [-0.39, 0.29) is 11.2 Å². The summed E-state index contributed by atoms with van der Waals surface area (Å²) in [6.07, 6.45) is 2.47. The van der Waals surface area contributed by atoms with E-state index < -0.39 is 0 Å². The zero-order chi connectivity index (χ0) is 17.2. The van der Waals surface area contributed by atoms with Crippen molar-refractivity contribution in [2.75, 3.05) is 0 Å². The van der Waals surface area contributed by atoms with Crippen LogP contribution in [0.2, 0.25) is 0 Å². The molecule has 4 heterocycles. The molecule has 25 heavy (non-hydrogen) atoms. The van der Waals surface area contributed by atoms with E-state index in [1.54, 1.807) is 22.2 Å². The number of hydrogen-bond acceptors (Lipinski definition) is 5. The van der Waals surface area contributed by atoms with Gasteiger partial charge in [0, 0.05) is 16.9 Å². The minimum Gasteiger partial charge on any atom is -0.370 e. The van der Waals surface area contributed by atoms with Gasteiger partial charge in [-0.2, -0.15) is 0 Å². The van der Waals surface area contributed by atoms with Gasteiger partial charge in [-0.1, -0.05) is 18.2 Å². The zero-order valence-electron chi connectivity index (χ0n) is 13.9. The zero-order valence-corrected chi connectivity index (χ0v) is 14.7. The predicted molar refractivity (Wildman–Crippen MR) is 96.5 cm³/mol.